The first-order valence-electron chi connectivity index (χ1n) is 9.60. The molecule has 0 fully saturated rings. The topological polar surface area (TPSA) is 42.4 Å². The second kappa shape index (κ2) is 8.86. The van der Waals surface area contributed by atoms with E-state index >= 15 is 0 Å². The Balaban J connectivity index is 1.63. The van der Waals surface area contributed by atoms with E-state index in [1.54, 1.807) is 29.2 Å². The lowest BCUT2D eigenvalue weighted by Gasteiger charge is -2.20. The van der Waals surface area contributed by atoms with Crippen LogP contribution < -0.4 is 9.64 Å². The van der Waals surface area contributed by atoms with Gasteiger partial charge in [0.05, 0.1) is 16.8 Å². The highest BCUT2D eigenvalue weighted by molar-refractivity contribution is 7.22. The van der Waals surface area contributed by atoms with Crippen LogP contribution in [0.2, 0.25) is 5.02 Å². The summed E-state index contributed by atoms with van der Waals surface area (Å²) in [5.74, 6) is 0.449. The van der Waals surface area contributed by atoms with Crippen molar-refractivity contribution in [3.8, 4) is 5.75 Å². The number of hydrogen-bond acceptors (Lipinski definition) is 4. The summed E-state index contributed by atoms with van der Waals surface area (Å²) in [5.41, 5.74) is 4.27. The van der Waals surface area contributed by atoms with Crippen molar-refractivity contribution in [1.82, 2.24) is 4.98 Å². The second-order valence-corrected chi connectivity index (χ2v) is 8.55. The normalized spacial score (nSPS) is 10.9. The fourth-order valence-corrected chi connectivity index (χ4v) is 4.42. The van der Waals surface area contributed by atoms with Gasteiger partial charge < -0.3 is 4.74 Å². The molecule has 4 aromatic rings. The molecule has 4 rings (SSSR count). The van der Waals surface area contributed by atoms with Gasteiger partial charge in [0.25, 0.3) is 5.91 Å². The SMILES string of the molecule is Cc1cc(C)c2sc(N(Cc3ccccc3)C(=O)COc3ccc(Cl)cc3)nc2c1. The number of rotatable bonds is 6. The van der Waals surface area contributed by atoms with Gasteiger partial charge in [-0.25, -0.2) is 4.98 Å². The molecule has 0 aliphatic carbocycles. The summed E-state index contributed by atoms with van der Waals surface area (Å²) in [4.78, 5) is 19.6. The van der Waals surface area contributed by atoms with Gasteiger partial charge in [-0.05, 0) is 60.9 Å². The van der Waals surface area contributed by atoms with Gasteiger partial charge in [-0.3, -0.25) is 9.69 Å². The van der Waals surface area contributed by atoms with E-state index in [4.69, 9.17) is 21.3 Å². The highest BCUT2D eigenvalue weighted by Gasteiger charge is 2.21. The average Bonchev–Trinajstić information content (AvgIpc) is 3.16. The minimum absolute atomic E-state index is 0.0810. The van der Waals surface area contributed by atoms with Crippen molar-refractivity contribution < 1.29 is 9.53 Å². The molecule has 0 N–H and O–H groups in total. The van der Waals surface area contributed by atoms with E-state index in [0.717, 1.165) is 21.3 Å². The maximum atomic E-state index is 13.2. The fourth-order valence-electron chi connectivity index (χ4n) is 3.26. The molecule has 4 nitrogen and oxygen atoms in total. The Bertz CT molecular complexity index is 1170. The van der Waals surface area contributed by atoms with Gasteiger partial charge in [-0.2, -0.15) is 0 Å². The summed E-state index contributed by atoms with van der Waals surface area (Å²) in [6, 6.07) is 21.1. The lowest BCUT2D eigenvalue weighted by molar-refractivity contribution is -0.120. The molecule has 0 saturated carbocycles. The lowest BCUT2D eigenvalue weighted by Crippen LogP contribution is -2.34. The number of benzene rings is 3. The van der Waals surface area contributed by atoms with E-state index < -0.39 is 0 Å². The number of ether oxygens (including phenoxy) is 1. The lowest BCUT2D eigenvalue weighted by atomic mass is 10.1. The van der Waals surface area contributed by atoms with Crippen LogP contribution in [0.1, 0.15) is 16.7 Å². The van der Waals surface area contributed by atoms with Crippen LogP contribution in [0.25, 0.3) is 10.2 Å². The monoisotopic (exact) mass is 436 g/mol. The molecule has 3 aromatic carbocycles. The Morgan fingerprint density at radius 2 is 1.80 bits per heavy atom. The van der Waals surface area contributed by atoms with E-state index in [9.17, 15) is 4.79 Å². The molecule has 1 heterocycles. The minimum Gasteiger partial charge on any atom is -0.484 e. The third-order valence-electron chi connectivity index (χ3n) is 4.70. The summed E-state index contributed by atoms with van der Waals surface area (Å²) in [6.07, 6.45) is 0. The number of halogens is 1. The van der Waals surface area contributed by atoms with Crippen molar-refractivity contribution in [2.75, 3.05) is 11.5 Å². The van der Waals surface area contributed by atoms with E-state index in [2.05, 4.69) is 26.0 Å². The maximum Gasteiger partial charge on any atom is 0.267 e. The van der Waals surface area contributed by atoms with Crippen molar-refractivity contribution in [1.29, 1.82) is 0 Å². The van der Waals surface area contributed by atoms with Crippen LogP contribution >= 0.6 is 22.9 Å². The summed E-state index contributed by atoms with van der Waals surface area (Å²) in [7, 11) is 0. The number of fused-ring (bicyclic) bond motifs is 1. The van der Waals surface area contributed by atoms with Gasteiger partial charge in [0.1, 0.15) is 5.75 Å². The maximum absolute atomic E-state index is 13.2. The molecule has 1 aromatic heterocycles. The Labute approximate surface area is 184 Å². The van der Waals surface area contributed by atoms with Crippen LogP contribution in [0.5, 0.6) is 5.75 Å². The van der Waals surface area contributed by atoms with Gasteiger partial charge in [0.2, 0.25) is 0 Å². The van der Waals surface area contributed by atoms with Gasteiger partial charge >= 0.3 is 0 Å². The van der Waals surface area contributed by atoms with Crippen LogP contribution in [0.3, 0.4) is 0 Å². The molecular formula is C24H21ClN2O2S. The average molecular weight is 437 g/mol. The first-order chi connectivity index (χ1) is 14.5. The highest BCUT2D eigenvalue weighted by atomic mass is 35.5. The largest absolute Gasteiger partial charge is 0.484 e. The smallest absolute Gasteiger partial charge is 0.267 e. The van der Waals surface area contributed by atoms with Crippen LogP contribution in [0.4, 0.5) is 5.13 Å². The number of hydrogen-bond donors (Lipinski definition) is 0. The number of carbonyl (C=O) groups is 1. The zero-order valence-electron chi connectivity index (χ0n) is 16.8. The van der Waals surface area contributed by atoms with Crippen molar-refractivity contribution in [3.05, 3.63) is 88.4 Å². The summed E-state index contributed by atoms with van der Waals surface area (Å²) in [6.45, 7) is 4.48. The number of anilines is 1. The Morgan fingerprint density at radius 3 is 2.53 bits per heavy atom. The van der Waals surface area contributed by atoms with Gasteiger partial charge in [0.15, 0.2) is 11.7 Å². The third-order valence-corrected chi connectivity index (χ3v) is 6.18. The molecule has 0 unspecified atom stereocenters. The fraction of sp³-hybridized carbons (Fsp3) is 0.167. The van der Waals surface area contributed by atoms with Crippen molar-refractivity contribution >= 4 is 44.2 Å². The molecule has 6 heteroatoms. The van der Waals surface area contributed by atoms with E-state index in [-0.39, 0.29) is 12.5 Å². The standard InChI is InChI=1S/C24H21ClN2O2S/c1-16-12-17(2)23-21(13-16)26-24(30-23)27(14-18-6-4-3-5-7-18)22(28)15-29-20-10-8-19(25)9-11-20/h3-13H,14-15H2,1-2H3. The second-order valence-electron chi connectivity index (χ2n) is 7.13. The number of thiazole rings is 1. The molecule has 0 bridgehead atoms. The molecule has 0 aliphatic heterocycles. The number of amides is 1. The van der Waals surface area contributed by atoms with Crippen LogP contribution in [0.15, 0.2) is 66.7 Å². The molecule has 0 radical (unpaired) electrons. The molecule has 0 spiro atoms. The third kappa shape index (κ3) is 4.64. The van der Waals surface area contributed by atoms with Gasteiger partial charge in [0, 0.05) is 5.02 Å². The molecule has 0 aliphatic rings. The highest BCUT2D eigenvalue weighted by Crippen LogP contribution is 2.33. The molecular weight excluding hydrogens is 416 g/mol. The summed E-state index contributed by atoms with van der Waals surface area (Å²) in [5, 5.41) is 1.30. The van der Waals surface area contributed by atoms with Crippen LogP contribution in [0, 0.1) is 13.8 Å². The number of carbonyl (C=O) groups excluding carboxylic acids is 1. The Hall–Kier alpha value is -2.89. The molecule has 152 valence electrons. The van der Waals surface area contributed by atoms with Gasteiger partial charge in [-0.1, -0.05) is 59.3 Å². The first-order valence-corrected chi connectivity index (χ1v) is 10.8. The Morgan fingerprint density at radius 1 is 1.07 bits per heavy atom. The zero-order chi connectivity index (χ0) is 21.1. The number of nitrogens with zero attached hydrogens (tertiary/aromatic N) is 2. The van der Waals surface area contributed by atoms with Crippen LogP contribution in [-0.4, -0.2) is 17.5 Å². The van der Waals surface area contributed by atoms with Crippen LogP contribution in [-0.2, 0) is 11.3 Å². The molecule has 0 saturated heterocycles. The summed E-state index contributed by atoms with van der Waals surface area (Å²) < 4.78 is 6.80. The number of aromatic nitrogens is 1. The molecule has 30 heavy (non-hydrogen) atoms. The Kier molecular flexibility index (Phi) is 6.02. The quantitative estimate of drug-likeness (QED) is 0.362. The predicted molar refractivity (Wildman–Crippen MR) is 124 cm³/mol. The molecule has 1 amide bonds. The van der Waals surface area contributed by atoms with Crippen molar-refractivity contribution in [2.45, 2.75) is 20.4 Å². The molecule has 0 atom stereocenters. The zero-order valence-corrected chi connectivity index (χ0v) is 18.3. The predicted octanol–water partition coefficient (Wildman–Crippen LogP) is 6.18. The summed E-state index contributed by atoms with van der Waals surface area (Å²) >= 11 is 7.45. The van der Waals surface area contributed by atoms with Crippen molar-refractivity contribution in [3.63, 3.8) is 0 Å². The van der Waals surface area contributed by atoms with E-state index in [1.807, 2.05) is 30.3 Å². The van der Waals surface area contributed by atoms with Crippen molar-refractivity contribution in [2.24, 2.45) is 0 Å². The van der Waals surface area contributed by atoms with Gasteiger partial charge in [-0.15, -0.1) is 0 Å². The number of aryl methyl sites for hydroxylation is 2. The minimum atomic E-state index is -0.151. The van der Waals surface area contributed by atoms with E-state index in [0.29, 0.717) is 22.4 Å². The first kappa shape index (κ1) is 20.4. The van der Waals surface area contributed by atoms with E-state index in [1.165, 1.54) is 16.9 Å².